The summed E-state index contributed by atoms with van der Waals surface area (Å²) < 4.78 is 5.47. The molecule has 0 aliphatic carbocycles. The second-order valence-corrected chi connectivity index (χ2v) is 4.75. The molecule has 0 saturated heterocycles. The van der Waals surface area contributed by atoms with Crippen molar-refractivity contribution in [2.24, 2.45) is 5.84 Å². The molecule has 0 bridgehead atoms. The van der Waals surface area contributed by atoms with Crippen LogP contribution >= 0.6 is 0 Å². The van der Waals surface area contributed by atoms with Crippen LogP contribution in [0.4, 0.5) is 0 Å². The number of hydrogen-bond donors (Lipinski definition) is 2. The van der Waals surface area contributed by atoms with Crippen molar-refractivity contribution < 1.29 is 4.42 Å². The van der Waals surface area contributed by atoms with Crippen molar-refractivity contribution in [3.8, 4) is 0 Å². The summed E-state index contributed by atoms with van der Waals surface area (Å²) in [6, 6.07) is 12.7. The number of rotatable bonds is 7. The van der Waals surface area contributed by atoms with E-state index < -0.39 is 0 Å². The minimum atomic E-state index is 0.178. The Morgan fingerprint density at radius 1 is 1.21 bits per heavy atom. The molecule has 0 aliphatic rings. The van der Waals surface area contributed by atoms with Crippen molar-refractivity contribution in [3.63, 3.8) is 0 Å². The first-order valence-corrected chi connectivity index (χ1v) is 6.91. The maximum Gasteiger partial charge on any atom is 0.108 e. The second kappa shape index (κ2) is 7.12. The van der Waals surface area contributed by atoms with Crippen LogP contribution in [-0.4, -0.2) is 0 Å². The minimum absolute atomic E-state index is 0.178. The van der Waals surface area contributed by atoms with Crippen molar-refractivity contribution in [3.05, 3.63) is 59.5 Å². The fourth-order valence-corrected chi connectivity index (χ4v) is 2.43. The lowest BCUT2D eigenvalue weighted by atomic mass is 9.99. The molecule has 0 amide bonds. The van der Waals surface area contributed by atoms with Crippen LogP contribution in [0.15, 0.2) is 47.1 Å². The monoisotopic (exact) mass is 258 g/mol. The zero-order valence-electron chi connectivity index (χ0n) is 11.4. The van der Waals surface area contributed by atoms with E-state index in [2.05, 4.69) is 36.6 Å². The third-order valence-corrected chi connectivity index (χ3v) is 3.48. The molecule has 2 aromatic rings. The molecule has 1 aromatic carbocycles. The SMILES string of the molecule is CCc1occc1C(CCCc1ccccc1)NN. The average molecular weight is 258 g/mol. The topological polar surface area (TPSA) is 51.2 Å². The summed E-state index contributed by atoms with van der Waals surface area (Å²) in [4.78, 5) is 0. The largest absolute Gasteiger partial charge is 0.469 e. The fraction of sp³-hybridized carbons (Fsp3) is 0.375. The summed E-state index contributed by atoms with van der Waals surface area (Å²) >= 11 is 0. The predicted molar refractivity (Wildman–Crippen MR) is 77.5 cm³/mol. The number of furan rings is 1. The molecule has 102 valence electrons. The highest BCUT2D eigenvalue weighted by molar-refractivity contribution is 5.21. The molecule has 0 spiro atoms. The van der Waals surface area contributed by atoms with Crippen molar-refractivity contribution in [2.45, 2.75) is 38.6 Å². The maximum absolute atomic E-state index is 5.68. The highest BCUT2D eigenvalue weighted by Crippen LogP contribution is 2.24. The van der Waals surface area contributed by atoms with E-state index in [1.54, 1.807) is 6.26 Å². The van der Waals surface area contributed by atoms with Crippen LogP contribution in [0.1, 0.15) is 42.7 Å². The molecule has 3 nitrogen and oxygen atoms in total. The lowest BCUT2D eigenvalue weighted by molar-refractivity contribution is 0.466. The Kier molecular flexibility index (Phi) is 5.19. The Bertz CT molecular complexity index is 479. The van der Waals surface area contributed by atoms with Gasteiger partial charge in [-0.2, -0.15) is 0 Å². The van der Waals surface area contributed by atoms with E-state index >= 15 is 0 Å². The van der Waals surface area contributed by atoms with Crippen LogP contribution in [0.2, 0.25) is 0 Å². The molecule has 1 heterocycles. The number of hydrogen-bond acceptors (Lipinski definition) is 3. The molecule has 0 fully saturated rings. The van der Waals surface area contributed by atoms with E-state index in [1.165, 1.54) is 11.1 Å². The second-order valence-electron chi connectivity index (χ2n) is 4.75. The van der Waals surface area contributed by atoms with Gasteiger partial charge in [0.2, 0.25) is 0 Å². The summed E-state index contributed by atoms with van der Waals surface area (Å²) in [5, 5.41) is 0. The maximum atomic E-state index is 5.68. The van der Waals surface area contributed by atoms with Crippen molar-refractivity contribution in [1.29, 1.82) is 0 Å². The Morgan fingerprint density at radius 2 is 2.00 bits per heavy atom. The highest BCUT2D eigenvalue weighted by Gasteiger charge is 2.15. The standard InChI is InChI=1S/C16H22N2O/c1-2-16-14(11-12-19-16)15(18-17)10-6-9-13-7-4-3-5-8-13/h3-5,7-8,11-12,15,18H,2,6,9-10,17H2,1H3. The Balaban J connectivity index is 1.90. The normalized spacial score (nSPS) is 12.5. The highest BCUT2D eigenvalue weighted by atomic mass is 16.3. The predicted octanol–water partition coefficient (Wildman–Crippen LogP) is 3.37. The summed E-state index contributed by atoms with van der Waals surface area (Å²) in [5.74, 6) is 6.71. The summed E-state index contributed by atoms with van der Waals surface area (Å²) in [6.07, 6.45) is 5.85. The molecule has 19 heavy (non-hydrogen) atoms. The van der Waals surface area contributed by atoms with E-state index in [4.69, 9.17) is 10.3 Å². The van der Waals surface area contributed by atoms with Gasteiger partial charge in [-0.15, -0.1) is 0 Å². The molecule has 3 N–H and O–H groups in total. The summed E-state index contributed by atoms with van der Waals surface area (Å²) in [6.45, 7) is 2.10. The van der Waals surface area contributed by atoms with E-state index in [9.17, 15) is 0 Å². The number of nitrogens with two attached hydrogens (primary N) is 1. The lowest BCUT2D eigenvalue weighted by Crippen LogP contribution is -2.28. The van der Waals surface area contributed by atoms with E-state index in [0.717, 1.165) is 31.4 Å². The third kappa shape index (κ3) is 3.69. The zero-order chi connectivity index (χ0) is 13.5. The molecule has 2 rings (SSSR count). The van der Waals surface area contributed by atoms with Gasteiger partial charge in [-0.25, -0.2) is 0 Å². The van der Waals surface area contributed by atoms with Gasteiger partial charge < -0.3 is 4.42 Å². The van der Waals surface area contributed by atoms with E-state index in [0.29, 0.717) is 0 Å². The molecular weight excluding hydrogens is 236 g/mol. The Hall–Kier alpha value is -1.58. The quantitative estimate of drug-likeness (QED) is 0.591. The fourth-order valence-electron chi connectivity index (χ4n) is 2.43. The Morgan fingerprint density at radius 3 is 2.68 bits per heavy atom. The van der Waals surface area contributed by atoms with Crippen molar-refractivity contribution in [1.82, 2.24) is 5.43 Å². The van der Waals surface area contributed by atoms with Gasteiger partial charge in [0, 0.05) is 18.0 Å². The van der Waals surface area contributed by atoms with Gasteiger partial charge in [0.15, 0.2) is 0 Å². The van der Waals surface area contributed by atoms with E-state index in [1.807, 2.05) is 12.1 Å². The van der Waals surface area contributed by atoms with Gasteiger partial charge in [0.05, 0.1) is 6.26 Å². The van der Waals surface area contributed by atoms with Crippen LogP contribution in [0, 0.1) is 0 Å². The summed E-state index contributed by atoms with van der Waals surface area (Å²) in [7, 11) is 0. The molecule has 1 unspecified atom stereocenters. The average Bonchev–Trinajstić information content (AvgIpc) is 2.93. The first kappa shape index (κ1) is 13.8. The van der Waals surface area contributed by atoms with Crippen LogP contribution in [0.3, 0.4) is 0 Å². The number of hydrazine groups is 1. The number of nitrogens with one attached hydrogen (secondary N) is 1. The first-order chi connectivity index (χ1) is 9.35. The van der Waals surface area contributed by atoms with Crippen molar-refractivity contribution in [2.75, 3.05) is 0 Å². The third-order valence-electron chi connectivity index (χ3n) is 3.48. The van der Waals surface area contributed by atoms with Crippen LogP contribution in [0.25, 0.3) is 0 Å². The molecule has 0 saturated carbocycles. The van der Waals surface area contributed by atoms with Crippen LogP contribution in [0.5, 0.6) is 0 Å². The van der Waals surface area contributed by atoms with Crippen LogP contribution < -0.4 is 11.3 Å². The number of aryl methyl sites for hydroxylation is 2. The minimum Gasteiger partial charge on any atom is -0.469 e. The zero-order valence-corrected chi connectivity index (χ0v) is 11.4. The van der Waals surface area contributed by atoms with Gasteiger partial charge in [-0.3, -0.25) is 11.3 Å². The van der Waals surface area contributed by atoms with Gasteiger partial charge in [0.1, 0.15) is 5.76 Å². The van der Waals surface area contributed by atoms with Gasteiger partial charge in [-0.1, -0.05) is 37.3 Å². The van der Waals surface area contributed by atoms with Gasteiger partial charge in [0.25, 0.3) is 0 Å². The molecule has 1 atom stereocenters. The molecule has 0 radical (unpaired) electrons. The first-order valence-electron chi connectivity index (χ1n) is 6.91. The van der Waals surface area contributed by atoms with E-state index in [-0.39, 0.29) is 6.04 Å². The van der Waals surface area contributed by atoms with Gasteiger partial charge in [-0.05, 0) is 30.9 Å². The molecule has 1 aromatic heterocycles. The summed E-state index contributed by atoms with van der Waals surface area (Å²) in [5.41, 5.74) is 5.47. The molecule has 0 aliphatic heterocycles. The smallest absolute Gasteiger partial charge is 0.108 e. The van der Waals surface area contributed by atoms with Gasteiger partial charge >= 0.3 is 0 Å². The molecular formula is C16H22N2O. The molecule has 3 heteroatoms. The Labute approximate surface area is 114 Å². The number of benzene rings is 1. The van der Waals surface area contributed by atoms with Crippen molar-refractivity contribution >= 4 is 0 Å². The van der Waals surface area contributed by atoms with Crippen LogP contribution in [-0.2, 0) is 12.8 Å². The lowest BCUT2D eigenvalue weighted by Gasteiger charge is -2.15.